The fraction of sp³-hybridized carbons (Fsp3) is 0.471. The zero-order valence-electron chi connectivity index (χ0n) is 13.5. The van der Waals surface area contributed by atoms with Crippen molar-refractivity contribution in [3.05, 3.63) is 51.2 Å². The second kappa shape index (κ2) is 6.24. The molecule has 1 atom stereocenters. The summed E-state index contributed by atoms with van der Waals surface area (Å²) < 4.78 is 0. The Morgan fingerprint density at radius 1 is 1.29 bits per heavy atom. The Balaban J connectivity index is 1.62. The summed E-state index contributed by atoms with van der Waals surface area (Å²) in [6.07, 6.45) is 7.48. The Kier molecular flexibility index (Phi) is 3.93. The molecule has 24 heavy (non-hydrogen) atoms. The minimum Gasteiger partial charge on any atom is -0.335 e. The number of rotatable bonds is 2. The number of pyridine rings is 1. The normalized spacial score (nSPS) is 20.7. The van der Waals surface area contributed by atoms with Crippen LogP contribution in [0.5, 0.6) is 0 Å². The van der Waals surface area contributed by atoms with Gasteiger partial charge in [0.1, 0.15) is 0 Å². The van der Waals surface area contributed by atoms with E-state index in [2.05, 4.69) is 20.5 Å². The summed E-state index contributed by atoms with van der Waals surface area (Å²) in [5, 5.41) is 10.2. The number of aromatic amines is 2. The highest BCUT2D eigenvalue weighted by Crippen LogP contribution is 2.24. The van der Waals surface area contributed by atoms with Crippen LogP contribution in [0, 0.1) is 0 Å². The third-order valence-electron chi connectivity index (χ3n) is 4.96. The molecule has 0 aromatic carbocycles. The molecule has 0 radical (unpaired) electrons. The highest BCUT2D eigenvalue weighted by Gasteiger charge is 2.28. The Morgan fingerprint density at radius 2 is 2.17 bits per heavy atom. The molecule has 1 fully saturated rings. The van der Waals surface area contributed by atoms with Crippen molar-refractivity contribution in [2.24, 2.45) is 0 Å². The molecule has 2 aliphatic rings. The van der Waals surface area contributed by atoms with E-state index in [4.69, 9.17) is 0 Å². The lowest BCUT2D eigenvalue weighted by atomic mass is 9.91. The number of aryl methyl sites for hydroxylation is 1. The largest absolute Gasteiger partial charge is 0.335 e. The number of aromatic nitrogens is 3. The van der Waals surface area contributed by atoms with Crippen LogP contribution in [-0.2, 0) is 12.8 Å². The number of hydrogen-bond acceptors (Lipinski definition) is 4. The highest BCUT2D eigenvalue weighted by molar-refractivity contribution is 5.96. The van der Waals surface area contributed by atoms with E-state index in [-0.39, 0.29) is 17.5 Å². The molecular weight excluding hydrogens is 306 g/mol. The van der Waals surface area contributed by atoms with Gasteiger partial charge >= 0.3 is 0 Å². The van der Waals surface area contributed by atoms with Crippen LogP contribution in [0.3, 0.4) is 0 Å². The second-order valence-electron chi connectivity index (χ2n) is 6.50. The van der Waals surface area contributed by atoms with Crippen molar-refractivity contribution < 1.29 is 4.79 Å². The number of carbonyl (C=O) groups is 1. The summed E-state index contributed by atoms with van der Waals surface area (Å²) in [5.41, 5.74) is 3.42. The Hall–Kier alpha value is -2.41. The van der Waals surface area contributed by atoms with Gasteiger partial charge in [-0.1, -0.05) is 0 Å². The molecule has 2 aromatic heterocycles. The Bertz CT molecular complexity index is 796. The van der Waals surface area contributed by atoms with Crippen LogP contribution < -0.4 is 10.9 Å². The lowest BCUT2D eigenvalue weighted by molar-refractivity contribution is 0.0701. The molecule has 1 saturated heterocycles. The highest BCUT2D eigenvalue weighted by atomic mass is 16.2. The van der Waals surface area contributed by atoms with Crippen LogP contribution in [0.15, 0.2) is 23.3 Å². The third-order valence-corrected chi connectivity index (χ3v) is 4.96. The van der Waals surface area contributed by atoms with E-state index >= 15 is 0 Å². The van der Waals surface area contributed by atoms with E-state index in [0.29, 0.717) is 18.7 Å². The molecule has 126 valence electrons. The van der Waals surface area contributed by atoms with Crippen LogP contribution in [0.1, 0.15) is 46.1 Å². The van der Waals surface area contributed by atoms with E-state index in [1.165, 1.54) is 6.07 Å². The van der Waals surface area contributed by atoms with Gasteiger partial charge in [0.25, 0.3) is 5.91 Å². The van der Waals surface area contributed by atoms with Crippen LogP contribution in [0.2, 0.25) is 0 Å². The van der Waals surface area contributed by atoms with E-state index < -0.39 is 0 Å². The molecule has 1 aliphatic heterocycles. The predicted octanol–water partition coefficient (Wildman–Crippen LogP) is 0.764. The molecule has 3 heterocycles. The number of piperazine rings is 1. The molecule has 2 aromatic rings. The average molecular weight is 327 g/mol. The lowest BCUT2D eigenvalue weighted by Crippen LogP contribution is -2.48. The van der Waals surface area contributed by atoms with Gasteiger partial charge in [0.15, 0.2) is 0 Å². The minimum absolute atomic E-state index is 0.0331. The topological polar surface area (TPSA) is 93.9 Å². The number of carbonyl (C=O) groups excluding carboxylic acids is 1. The van der Waals surface area contributed by atoms with Gasteiger partial charge in [-0.25, -0.2) is 0 Å². The molecule has 1 aliphatic carbocycles. The molecular formula is C17H21N5O2. The number of amides is 1. The van der Waals surface area contributed by atoms with Crippen LogP contribution >= 0.6 is 0 Å². The predicted molar refractivity (Wildman–Crippen MR) is 88.9 cm³/mol. The van der Waals surface area contributed by atoms with Gasteiger partial charge in [-0.15, -0.1) is 0 Å². The zero-order chi connectivity index (χ0) is 16.5. The molecule has 4 rings (SSSR count). The third kappa shape index (κ3) is 2.75. The molecule has 0 saturated carbocycles. The van der Waals surface area contributed by atoms with E-state index in [9.17, 15) is 9.59 Å². The van der Waals surface area contributed by atoms with Crippen LogP contribution in [0.25, 0.3) is 0 Å². The van der Waals surface area contributed by atoms with Gasteiger partial charge in [0.05, 0.1) is 12.2 Å². The molecule has 0 unspecified atom stereocenters. The van der Waals surface area contributed by atoms with E-state index in [1.807, 2.05) is 11.1 Å². The summed E-state index contributed by atoms with van der Waals surface area (Å²) in [7, 11) is 0. The second-order valence-corrected chi connectivity index (χ2v) is 6.50. The first-order chi connectivity index (χ1) is 11.7. The molecule has 0 spiro atoms. The summed E-state index contributed by atoms with van der Waals surface area (Å²) in [4.78, 5) is 29.8. The Morgan fingerprint density at radius 3 is 3.00 bits per heavy atom. The van der Waals surface area contributed by atoms with Crippen LogP contribution in [0.4, 0.5) is 0 Å². The zero-order valence-corrected chi connectivity index (χ0v) is 13.5. The average Bonchev–Trinajstić information content (AvgIpc) is 3.15. The molecule has 1 amide bonds. The molecule has 0 bridgehead atoms. The number of hydrogen-bond donors (Lipinski definition) is 3. The monoisotopic (exact) mass is 327 g/mol. The van der Waals surface area contributed by atoms with Gasteiger partial charge in [-0.3, -0.25) is 14.7 Å². The smallest absolute Gasteiger partial charge is 0.254 e. The fourth-order valence-electron chi connectivity index (χ4n) is 3.71. The molecule has 3 N–H and O–H groups in total. The van der Waals surface area contributed by atoms with Crippen molar-refractivity contribution in [3.8, 4) is 0 Å². The van der Waals surface area contributed by atoms with Crippen molar-refractivity contribution >= 4 is 5.91 Å². The Labute approximate surface area is 139 Å². The molecule has 7 nitrogen and oxygen atoms in total. The number of fused-ring (bicyclic) bond motifs is 1. The first kappa shape index (κ1) is 15.1. The van der Waals surface area contributed by atoms with Gasteiger partial charge in [-0.2, -0.15) is 5.10 Å². The maximum atomic E-state index is 13.1. The first-order valence-corrected chi connectivity index (χ1v) is 8.49. The first-order valence-electron chi connectivity index (χ1n) is 8.49. The van der Waals surface area contributed by atoms with Gasteiger partial charge in [0, 0.05) is 48.7 Å². The standard InChI is InChI=1S/C17H21N5O2/c23-16-7-13(12-3-1-2-4-14(12)21-16)17(24)22-6-5-18-15(10-22)11-8-19-20-9-11/h7-9,15,18H,1-6,10H2,(H,19,20)(H,21,23)/t15-/m0/s1. The SMILES string of the molecule is O=C(c1cc(=O)[nH]c2c1CCCC2)N1CCN[C@H](c2cn[nH]c2)C1. The van der Waals surface area contributed by atoms with Crippen molar-refractivity contribution in [2.75, 3.05) is 19.6 Å². The quantitative estimate of drug-likeness (QED) is 0.759. The van der Waals surface area contributed by atoms with Crippen molar-refractivity contribution in [1.82, 2.24) is 25.4 Å². The number of nitrogens with one attached hydrogen (secondary N) is 3. The van der Waals surface area contributed by atoms with Crippen molar-refractivity contribution in [3.63, 3.8) is 0 Å². The minimum atomic E-state index is -0.180. The van der Waals surface area contributed by atoms with Crippen molar-refractivity contribution in [1.29, 1.82) is 0 Å². The summed E-state index contributed by atoms with van der Waals surface area (Å²) in [6.45, 7) is 1.96. The van der Waals surface area contributed by atoms with Gasteiger partial charge < -0.3 is 15.2 Å². The van der Waals surface area contributed by atoms with E-state index in [1.54, 1.807) is 6.20 Å². The van der Waals surface area contributed by atoms with Crippen molar-refractivity contribution in [2.45, 2.75) is 31.7 Å². The maximum Gasteiger partial charge on any atom is 0.254 e. The van der Waals surface area contributed by atoms with Gasteiger partial charge in [-0.05, 0) is 31.2 Å². The van der Waals surface area contributed by atoms with Crippen LogP contribution in [-0.4, -0.2) is 45.6 Å². The lowest BCUT2D eigenvalue weighted by Gasteiger charge is -2.34. The van der Waals surface area contributed by atoms with Gasteiger partial charge in [0.2, 0.25) is 5.56 Å². The summed E-state index contributed by atoms with van der Waals surface area (Å²) in [5.74, 6) is -0.0331. The molecule has 7 heteroatoms. The number of H-pyrrole nitrogens is 2. The maximum absolute atomic E-state index is 13.1. The summed E-state index contributed by atoms with van der Waals surface area (Å²) >= 11 is 0. The number of nitrogens with zero attached hydrogens (tertiary/aromatic N) is 2. The van der Waals surface area contributed by atoms with E-state index in [0.717, 1.165) is 49.0 Å². The fourth-order valence-corrected chi connectivity index (χ4v) is 3.71. The summed E-state index contributed by atoms with van der Waals surface area (Å²) in [6, 6.07) is 1.54.